The van der Waals surface area contributed by atoms with Crippen LogP contribution < -0.4 is 10.1 Å². The van der Waals surface area contributed by atoms with E-state index in [0.717, 1.165) is 5.82 Å². The summed E-state index contributed by atoms with van der Waals surface area (Å²) < 4.78 is 7.57. The van der Waals surface area contributed by atoms with Crippen LogP contribution in [0.1, 0.15) is 16.2 Å². The molecule has 0 aliphatic carbocycles. The summed E-state index contributed by atoms with van der Waals surface area (Å²) in [7, 11) is 1.91. The number of anilines is 1. The number of hydrogen-bond donors (Lipinski definition) is 1. The molecule has 0 atom stereocenters. The van der Waals surface area contributed by atoms with Crippen molar-refractivity contribution in [2.75, 3.05) is 5.32 Å². The Labute approximate surface area is 155 Å². The standard InChI is InChI=1S/C18H15Cl2N3O2/c1-23-10-9-21-16(23)11-25-13-7-5-12(6-8-13)22-18(24)14-3-2-4-15(19)17(14)20/h2-10H,11H2,1H3,(H,22,24). The topological polar surface area (TPSA) is 56.1 Å². The van der Waals surface area contributed by atoms with Crippen LogP contribution in [0.3, 0.4) is 0 Å². The minimum absolute atomic E-state index is 0.233. The van der Waals surface area contributed by atoms with Crippen LogP contribution >= 0.6 is 23.2 Å². The predicted octanol–water partition coefficient (Wildman–Crippen LogP) is 4.56. The van der Waals surface area contributed by atoms with Crippen molar-refractivity contribution in [3.63, 3.8) is 0 Å². The SMILES string of the molecule is Cn1ccnc1COc1ccc(NC(=O)c2cccc(Cl)c2Cl)cc1. The number of rotatable bonds is 5. The van der Waals surface area contributed by atoms with Crippen molar-refractivity contribution in [2.45, 2.75) is 6.61 Å². The smallest absolute Gasteiger partial charge is 0.257 e. The molecule has 0 aliphatic heterocycles. The molecule has 2 aromatic carbocycles. The van der Waals surface area contributed by atoms with E-state index in [1.807, 2.05) is 17.8 Å². The molecule has 3 rings (SSSR count). The number of aromatic nitrogens is 2. The Morgan fingerprint density at radius 1 is 1.20 bits per heavy atom. The zero-order valence-corrected chi connectivity index (χ0v) is 14.9. The van der Waals surface area contributed by atoms with Crippen molar-refractivity contribution in [1.82, 2.24) is 9.55 Å². The van der Waals surface area contributed by atoms with Crippen LogP contribution in [0.4, 0.5) is 5.69 Å². The Morgan fingerprint density at radius 2 is 1.96 bits per heavy atom. The molecule has 1 aromatic heterocycles. The lowest BCUT2D eigenvalue weighted by Crippen LogP contribution is -2.12. The summed E-state index contributed by atoms with van der Waals surface area (Å²) in [5.74, 6) is 1.18. The summed E-state index contributed by atoms with van der Waals surface area (Å²) in [6.45, 7) is 0.368. The summed E-state index contributed by atoms with van der Waals surface area (Å²) in [6.07, 6.45) is 3.58. The first-order valence-corrected chi connectivity index (χ1v) is 8.24. The number of halogens is 2. The van der Waals surface area contributed by atoms with E-state index < -0.39 is 0 Å². The molecule has 0 fully saturated rings. The third-order valence-electron chi connectivity index (χ3n) is 3.60. The van der Waals surface area contributed by atoms with Gasteiger partial charge in [-0.3, -0.25) is 4.79 Å². The summed E-state index contributed by atoms with van der Waals surface area (Å²) in [5, 5.41) is 3.35. The Bertz CT molecular complexity index is 892. The number of nitrogens with one attached hydrogen (secondary N) is 1. The van der Waals surface area contributed by atoms with Crippen LogP contribution in [0.15, 0.2) is 54.9 Å². The summed E-state index contributed by atoms with van der Waals surface area (Å²) in [6, 6.07) is 12.0. The zero-order chi connectivity index (χ0) is 17.8. The first-order chi connectivity index (χ1) is 12.0. The molecule has 5 nitrogen and oxygen atoms in total. The summed E-state index contributed by atoms with van der Waals surface area (Å²) in [5.41, 5.74) is 0.953. The van der Waals surface area contributed by atoms with Gasteiger partial charge >= 0.3 is 0 Å². The van der Waals surface area contributed by atoms with Gasteiger partial charge in [0.15, 0.2) is 0 Å². The second kappa shape index (κ2) is 7.59. The quantitative estimate of drug-likeness (QED) is 0.710. The number of ether oxygens (including phenoxy) is 1. The molecular weight excluding hydrogens is 361 g/mol. The van der Waals surface area contributed by atoms with Crippen LogP contribution in [-0.4, -0.2) is 15.5 Å². The number of carbonyl (C=O) groups is 1. The first kappa shape index (κ1) is 17.3. The van der Waals surface area contributed by atoms with Crippen molar-refractivity contribution < 1.29 is 9.53 Å². The summed E-state index contributed by atoms with van der Waals surface area (Å²) >= 11 is 12.0. The number of amides is 1. The number of aryl methyl sites for hydroxylation is 1. The van der Waals surface area contributed by atoms with Gasteiger partial charge in [-0.25, -0.2) is 4.98 Å². The molecule has 0 saturated heterocycles. The van der Waals surface area contributed by atoms with Gasteiger partial charge in [0.05, 0.1) is 15.6 Å². The molecule has 0 bridgehead atoms. The number of hydrogen-bond acceptors (Lipinski definition) is 3. The molecule has 0 radical (unpaired) electrons. The van der Waals surface area contributed by atoms with Crippen molar-refractivity contribution in [3.8, 4) is 5.75 Å². The lowest BCUT2D eigenvalue weighted by atomic mass is 10.2. The van der Waals surface area contributed by atoms with E-state index in [0.29, 0.717) is 28.6 Å². The Morgan fingerprint density at radius 3 is 2.64 bits per heavy atom. The van der Waals surface area contributed by atoms with Crippen LogP contribution in [0.2, 0.25) is 10.0 Å². The predicted molar refractivity (Wildman–Crippen MR) is 98.4 cm³/mol. The van der Waals surface area contributed by atoms with Crippen molar-refractivity contribution >= 4 is 34.8 Å². The summed E-state index contributed by atoms with van der Waals surface area (Å²) in [4.78, 5) is 16.5. The van der Waals surface area contributed by atoms with Crippen molar-refractivity contribution in [1.29, 1.82) is 0 Å². The van der Waals surface area contributed by atoms with Gasteiger partial charge in [0.1, 0.15) is 18.2 Å². The maximum absolute atomic E-state index is 12.3. The maximum Gasteiger partial charge on any atom is 0.257 e. The van der Waals surface area contributed by atoms with E-state index in [2.05, 4.69) is 10.3 Å². The van der Waals surface area contributed by atoms with Crippen LogP contribution in [0.25, 0.3) is 0 Å². The monoisotopic (exact) mass is 375 g/mol. The van der Waals surface area contributed by atoms with Gasteiger partial charge in [-0.2, -0.15) is 0 Å². The zero-order valence-electron chi connectivity index (χ0n) is 13.4. The molecule has 0 saturated carbocycles. The highest BCUT2D eigenvalue weighted by Gasteiger charge is 2.12. The average molecular weight is 376 g/mol. The van der Waals surface area contributed by atoms with Crippen LogP contribution in [0.5, 0.6) is 5.75 Å². The fraction of sp³-hybridized carbons (Fsp3) is 0.111. The molecule has 25 heavy (non-hydrogen) atoms. The molecule has 1 amide bonds. The fourth-order valence-electron chi connectivity index (χ4n) is 2.20. The lowest BCUT2D eigenvalue weighted by molar-refractivity contribution is 0.102. The van der Waals surface area contributed by atoms with Gasteiger partial charge in [-0.05, 0) is 36.4 Å². The Hall–Kier alpha value is -2.50. The van der Waals surface area contributed by atoms with Crippen molar-refractivity contribution in [3.05, 3.63) is 76.3 Å². The number of benzene rings is 2. The Balaban J connectivity index is 1.63. The van der Waals surface area contributed by atoms with Gasteiger partial charge in [0, 0.05) is 25.1 Å². The maximum atomic E-state index is 12.3. The number of imidazole rings is 1. The minimum Gasteiger partial charge on any atom is -0.486 e. The van der Waals surface area contributed by atoms with Gasteiger partial charge in [0.25, 0.3) is 5.91 Å². The molecule has 7 heteroatoms. The van der Waals surface area contributed by atoms with Crippen LogP contribution in [0, 0.1) is 0 Å². The lowest BCUT2D eigenvalue weighted by Gasteiger charge is -2.09. The van der Waals surface area contributed by atoms with Gasteiger partial charge in [-0.1, -0.05) is 29.3 Å². The van der Waals surface area contributed by atoms with E-state index in [1.54, 1.807) is 48.7 Å². The average Bonchev–Trinajstić information content (AvgIpc) is 3.01. The molecule has 0 unspecified atom stereocenters. The second-order valence-electron chi connectivity index (χ2n) is 5.32. The molecule has 0 aliphatic rings. The normalized spacial score (nSPS) is 10.5. The van der Waals surface area contributed by atoms with E-state index >= 15 is 0 Å². The Kier molecular flexibility index (Phi) is 5.26. The molecule has 1 heterocycles. The first-order valence-electron chi connectivity index (χ1n) is 7.49. The highest BCUT2D eigenvalue weighted by molar-refractivity contribution is 6.44. The van der Waals surface area contributed by atoms with Gasteiger partial charge < -0.3 is 14.6 Å². The minimum atomic E-state index is -0.325. The van der Waals surface area contributed by atoms with E-state index in [9.17, 15) is 4.79 Å². The molecular formula is C18H15Cl2N3O2. The molecule has 3 aromatic rings. The third-order valence-corrected chi connectivity index (χ3v) is 4.42. The van der Waals surface area contributed by atoms with Gasteiger partial charge in [0.2, 0.25) is 0 Å². The highest BCUT2D eigenvalue weighted by Crippen LogP contribution is 2.26. The van der Waals surface area contributed by atoms with E-state index in [-0.39, 0.29) is 10.9 Å². The van der Waals surface area contributed by atoms with Crippen LogP contribution in [-0.2, 0) is 13.7 Å². The van der Waals surface area contributed by atoms with E-state index in [4.69, 9.17) is 27.9 Å². The number of carbonyl (C=O) groups excluding carboxylic acids is 1. The second-order valence-corrected chi connectivity index (χ2v) is 6.11. The highest BCUT2D eigenvalue weighted by atomic mass is 35.5. The van der Waals surface area contributed by atoms with Gasteiger partial charge in [-0.15, -0.1) is 0 Å². The third kappa shape index (κ3) is 4.13. The molecule has 128 valence electrons. The molecule has 1 N–H and O–H groups in total. The van der Waals surface area contributed by atoms with E-state index in [1.165, 1.54) is 0 Å². The number of nitrogens with zero attached hydrogens (tertiary/aromatic N) is 2. The fourth-order valence-corrected chi connectivity index (χ4v) is 2.58. The van der Waals surface area contributed by atoms with Crippen molar-refractivity contribution in [2.24, 2.45) is 7.05 Å². The molecule has 0 spiro atoms. The largest absolute Gasteiger partial charge is 0.486 e.